The number of aromatic nitrogens is 2. The Bertz CT molecular complexity index is 1500. The maximum atomic E-state index is 14.3. The zero-order valence-corrected chi connectivity index (χ0v) is 23.0. The molecule has 0 aliphatic rings. The van der Waals surface area contributed by atoms with E-state index in [1.165, 1.54) is 0 Å². The molecule has 1 amide bonds. The summed E-state index contributed by atoms with van der Waals surface area (Å²) < 4.78 is 0. The highest BCUT2D eigenvalue weighted by Gasteiger charge is 2.26. The van der Waals surface area contributed by atoms with Crippen LogP contribution in [-0.4, -0.2) is 58.9 Å². The molecule has 0 bridgehead atoms. The first-order chi connectivity index (χ1) is 19.5. The molecule has 40 heavy (non-hydrogen) atoms. The number of anilines is 3. The zero-order valence-electron chi connectivity index (χ0n) is 23.0. The van der Waals surface area contributed by atoms with Crippen molar-refractivity contribution in [3.8, 4) is 0 Å². The van der Waals surface area contributed by atoms with E-state index >= 15 is 0 Å². The molecule has 1 unspecified atom stereocenters. The number of pyridine rings is 1. The van der Waals surface area contributed by atoms with Gasteiger partial charge >= 0.3 is 0 Å². The number of aromatic amines is 1. The number of carbonyl (C=O) groups excluding carboxylic acids is 1. The molecule has 5 aromatic rings. The number of hydrogen-bond donors (Lipinski definition) is 3. The minimum atomic E-state index is -0.441. The van der Waals surface area contributed by atoms with Gasteiger partial charge in [-0.25, -0.2) is 0 Å². The van der Waals surface area contributed by atoms with Crippen LogP contribution in [0.4, 0.5) is 17.1 Å². The highest BCUT2D eigenvalue weighted by molar-refractivity contribution is 5.88. The van der Waals surface area contributed by atoms with Crippen molar-refractivity contribution in [2.24, 2.45) is 0 Å². The van der Waals surface area contributed by atoms with Gasteiger partial charge in [-0.15, -0.1) is 0 Å². The Kier molecular flexibility index (Phi) is 8.73. The van der Waals surface area contributed by atoms with Crippen LogP contribution in [0.2, 0.25) is 0 Å². The van der Waals surface area contributed by atoms with E-state index in [4.69, 9.17) is 0 Å². The van der Waals surface area contributed by atoms with Gasteiger partial charge in [0.1, 0.15) is 6.04 Å². The number of hydrogen-bond acceptors (Lipinski definition) is 5. The highest BCUT2D eigenvalue weighted by Crippen LogP contribution is 2.23. The standard InChI is InChI=1S/C33H36N6O/c1-38(2)20-21-39(24-25-8-4-3-5-9-25)33(40)32(22-26-23-35-31-11-7-6-10-30(26)31)37-28-14-12-27(13-15-28)36-29-16-18-34-19-17-29/h3-19,23,32,35,37H,20-22,24H2,1-2H3,(H,34,36). The summed E-state index contributed by atoms with van der Waals surface area (Å²) in [5.41, 5.74) is 6.14. The van der Waals surface area contributed by atoms with Crippen molar-refractivity contribution in [1.82, 2.24) is 19.8 Å². The summed E-state index contributed by atoms with van der Waals surface area (Å²) in [7, 11) is 4.07. The number of nitrogens with zero attached hydrogens (tertiary/aromatic N) is 3. The van der Waals surface area contributed by atoms with Crippen molar-refractivity contribution in [3.05, 3.63) is 121 Å². The molecule has 5 rings (SSSR count). The van der Waals surface area contributed by atoms with Gasteiger partial charge in [0.2, 0.25) is 5.91 Å². The lowest BCUT2D eigenvalue weighted by molar-refractivity contribution is -0.132. The molecule has 0 spiro atoms. The number of carbonyl (C=O) groups is 1. The number of rotatable bonds is 12. The first kappa shape index (κ1) is 27.0. The second kappa shape index (κ2) is 13.0. The summed E-state index contributed by atoms with van der Waals surface area (Å²) in [6, 6.07) is 29.9. The molecule has 3 N–H and O–H groups in total. The normalized spacial score (nSPS) is 11.9. The van der Waals surface area contributed by atoms with Gasteiger partial charge in [0.15, 0.2) is 0 Å². The molecule has 2 heterocycles. The Hall–Kier alpha value is -4.62. The molecule has 1 atom stereocenters. The monoisotopic (exact) mass is 532 g/mol. The third-order valence-electron chi connectivity index (χ3n) is 6.94. The fraction of sp³-hybridized carbons (Fsp3) is 0.212. The van der Waals surface area contributed by atoms with Gasteiger partial charge in [-0.2, -0.15) is 0 Å². The average molecular weight is 533 g/mol. The minimum absolute atomic E-state index is 0.0787. The maximum absolute atomic E-state index is 14.3. The van der Waals surface area contributed by atoms with Crippen LogP contribution < -0.4 is 10.6 Å². The lowest BCUT2D eigenvalue weighted by atomic mass is 10.0. The summed E-state index contributed by atoms with van der Waals surface area (Å²) in [5.74, 6) is 0.0787. The number of H-pyrrole nitrogens is 1. The number of benzene rings is 3. The molecule has 0 fully saturated rings. The summed E-state index contributed by atoms with van der Waals surface area (Å²) in [6.07, 6.45) is 6.11. The SMILES string of the molecule is CN(C)CCN(Cc1ccccc1)C(=O)C(Cc1c[nH]c2ccccc12)Nc1ccc(Nc2ccncc2)cc1. The second-order valence-electron chi connectivity index (χ2n) is 10.2. The highest BCUT2D eigenvalue weighted by atomic mass is 16.2. The van der Waals surface area contributed by atoms with Crippen molar-refractivity contribution in [3.63, 3.8) is 0 Å². The Morgan fingerprint density at radius 1 is 0.825 bits per heavy atom. The van der Waals surface area contributed by atoms with Crippen molar-refractivity contribution < 1.29 is 4.79 Å². The van der Waals surface area contributed by atoms with E-state index in [1.54, 1.807) is 12.4 Å². The van der Waals surface area contributed by atoms with Crippen molar-refractivity contribution in [2.75, 3.05) is 37.8 Å². The number of nitrogens with one attached hydrogen (secondary N) is 3. The Labute approximate surface area is 235 Å². The molecule has 204 valence electrons. The Morgan fingerprint density at radius 3 is 2.25 bits per heavy atom. The third kappa shape index (κ3) is 7.07. The first-order valence-corrected chi connectivity index (χ1v) is 13.6. The molecule has 3 aromatic carbocycles. The molecular weight excluding hydrogens is 496 g/mol. The number of amides is 1. The molecule has 0 radical (unpaired) electrons. The van der Waals surface area contributed by atoms with Gasteiger partial charge in [-0.3, -0.25) is 9.78 Å². The Balaban J connectivity index is 1.40. The largest absolute Gasteiger partial charge is 0.373 e. The van der Waals surface area contributed by atoms with E-state index < -0.39 is 6.04 Å². The van der Waals surface area contributed by atoms with Gasteiger partial charge in [-0.1, -0.05) is 48.5 Å². The number of para-hydroxylation sites is 1. The van der Waals surface area contributed by atoms with E-state index in [0.29, 0.717) is 19.5 Å². The van der Waals surface area contributed by atoms with Gasteiger partial charge in [0.25, 0.3) is 0 Å². The van der Waals surface area contributed by atoms with E-state index in [1.807, 2.05) is 91.9 Å². The van der Waals surface area contributed by atoms with E-state index in [-0.39, 0.29) is 5.91 Å². The van der Waals surface area contributed by atoms with Crippen LogP contribution in [-0.2, 0) is 17.8 Å². The molecule has 0 saturated carbocycles. The molecule has 7 heteroatoms. The van der Waals surface area contributed by atoms with Gasteiger partial charge in [0.05, 0.1) is 0 Å². The number of fused-ring (bicyclic) bond motifs is 1. The van der Waals surface area contributed by atoms with Crippen LogP contribution in [0.15, 0.2) is 110 Å². The van der Waals surface area contributed by atoms with E-state index in [9.17, 15) is 4.79 Å². The first-order valence-electron chi connectivity index (χ1n) is 13.6. The fourth-order valence-electron chi connectivity index (χ4n) is 4.79. The van der Waals surface area contributed by atoms with E-state index in [2.05, 4.69) is 49.8 Å². The summed E-state index contributed by atoms with van der Waals surface area (Å²) in [4.78, 5) is 25.8. The van der Waals surface area contributed by atoms with Gasteiger partial charge in [-0.05, 0) is 67.7 Å². The quantitative estimate of drug-likeness (QED) is 0.186. The van der Waals surface area contributed by atoms with Crippen LogP contribution in [0.25, 0.3) is 10.9 Å². The average Bonchev–Trinajstić information content (AvgIpc) is 3.39. The molecule has 0 aliphatic heterocycles. The molecule has 0 saturated heterocycles. The molecule has 7 nitrogen and oxygen atoms in total. The maximum Gasteiger partial charge on any atom is 0.245 e. The van der Waals surface area contributed by atoms with Crippen molar-refractivity contribution in [2.45, 2.75) is 19.0 Å². The lowest BCUT2D eigenvalue weighted by Crippen LogP contribution is -2.46. The summed E-state index contributed by atoms with van der Waals surface area (Å²) in [5, 5.41) is 8.10. The van der Waals surface area contributed by atoms with Gasteiger partial charge < -0.3 is 25.4 Å². The Morgan fingerprint density at radius 2 is 1.50 bits per heavy atom. The van der Waals surface area contributed by atoms with Crippen LogP contribution in [0.1, 0.15) is 11.1 Å². The predicted molar refractivity (Wildman–Crippen MR) is 164 cm³/mol. The summed E-state index contributed by atoms with van der Waals surface area (Å²) in [6.45, 7) is 1.99. The minimum Gasteiger partial charge on any atom is -0.373 e. The zero-order chi connectivity index (χ0) is 27.7. The second-order valence-corrected chi connectivity index (χ2v) is 10.2. The summed E-state index contributed by atoms with van der Waals surface area (Å²) >= 11 is 0. The predicted octanol–water partition coefficient (Wildman–Crippen LogP) is 5.92. The van der Waals surface area contributed by atoms with Crippen LogP contribution in [0.3, 0.4) is 0 Å². The van der Waals surface area contributed by atoms with Gasteiger partial charge in [0, 0.05) is 72.6 Å². The van der Waals surface area contributed by atoms with E-state index in [0.717, 1.165) is 45.6 Å². The third-order valence-corrected chi connectivity index (χ3v) is 6.94. The fourth-order valence-corrected chi connectivity index (χ4v) is 4.79. The van der Waals surface area contributed by atoms with Crippen LogP contribution >= 0.6 is 0 Å². The molecule has 2 aromatic heterocycles. The molecular formula is C33H36N6O. The van der Waals surface area contributed by atoms with Crippen LogP contribution in [0.5, 0.6) is 0 Å². The smallest absolute Gasteiger partial charge is 0.245 e. The lowest BCUT2D eigenvalue weighted by Gasteiger charge is -2.30. The number of likely N-dealkylation sites (N-methyl/N-ethyl adjacent to an activating group) is 1. The van der Waals surface area contributed by atoms with Crippen LogP contribution in [0, 0.1) is 0 Å². The van der Waals surface area contributed by atoms with Crippen molar-refractivity contribution in [1.29, 1.82) is 0 Å². The molecule has 0 aliphatic carbocycles. The van der Waals surface area contributed by atoms with Crippen molar-refractivity contribution >= 4 is 33.9 Å². The topological polar surface area (TPSA) is 76.3 Å².